The van der Waals surface area contributed by atoms with Crippen LogP contribution in [0.1, 0.15) is 37.3 Å². The number of amides is 1. The summed E-state index contributed by atoms with van der Waals surface area (Å²) in [5.41, 5.74) is 2.78. The number of hydrogen-bond acceptors (Lipinski definition) is 4. The smallest absolute Gasteiger partial charge is 0.240 e. The molecule has 0 bridgehead atoms. The molecule has 0 saturated heterocycles. The first-order valence-electron chi connectivity index (χ1n) is 8.72. The minimum atomic E-state index is -0.253. The van der Waals surface area contributed by atoms with Crippen LogP contribution in [0.5, 0.6) is 0 Å². The predicted molar refractivity (Wildman–Crippen MR) is 99.8 cm³/mol. The standard InChI is InChI=1S/C19H25N5O2/c1-13(2)19-22-14-7-5-6-8-17(14)24(19)11-18(25)21-15(12-26-4)16-9-10-20-23(16)3/h5-10,13,15H,11-12H2,1-4H3,(H,21,25)/t15-/m1/s1. The molecule has 1 amide bonds. The van der Waals surface area contributed by atoms with Crippen molar-refractivity contribution >= 4 is 16.9 Å². The maximum Gasteiger partial charge on any atom is 0.240 e. The Bertz CT molecular complexity index is 896. The molecule has 0 unspecified atom stereocenters. The molecule has 0 aliphatic rings. The van der Waals surface area contributed by atoms with E-state index in [4.69, 9.17) is 4.74 Å². The summed E-state index contributed by atoms with van der Waals surface area (Å²) in [5.74, 6) is 1.05. The van der Waals surface area contributed by atoms with Crippen LogP contribution in [0.3, 0.4) is 0 Å². The first kappa shape index (κ1) is 18.1. The Morgan fingerprint density at radius 3 is 2.69 bits per heavy atom. The van der Waals surface area contributed by atoms with Crippen molar-refractivity contribution in [3.05, 3.63) is 48.0 Å². The van der Waals surface area contributed by atoms with Crippen LogP contribution in [-0.2, 0) is 23.1 Å². The molecule has 0 radical (unpaired) electrons. The van der Waals surface area contributed by atoms with Crippen molar-refractivity contribution < 1.29 is 9.53 Å². The molecule has 2 heterocycles. The fourth-order valence-corrected chi connectivity index (χ4v) is 3.18. The number of aryl methyl sites for hydroxylation is 1. The van der Waals surface area contributed by atoms with E-state index in [9.17, 15) is 4.79 Å². The molecule has 3 rings (SSSR count). The van der Waals surface area contributed by atoms with Gasteiger partial charge in [-0.05, 0) is 18.2 Å². The summed E-state index contributed by atoms with van der Waals surface area (Å²) < 4.78 is 9.01. The third-order valence-corrected chi connectivity index (χ3v) is 4.39. The topological polar surface area (TPSA) is 74.0 Å². The summed E-state index contributed by atoms with van der Waals surface area (Å²) in [6.45, 7) is 4.76. The lowest BCUT2D eigenvalue weighted by Crippen LogP contribution is -2.35. The van der Waals surface area contributed by atoms with Crippen LogP contribution in [0.25, 0.3) is 11.0 Å². The summed E-state index contributed by atoms with van der Waals surface area (Å²) >= 11 is 0. The monoisotopic (exact) mass is 355 g/mol. The van der Waals surface area contributed by atoms with E-state index < -0.39 is 0 Å². The van der Waals surface area contributed by atoms with E-state index in [0.717, 1.165) is 22.6 Å². The quantitative estimate of drug-likeness (QED) is 0.706. The number of methoxy groups -OCH3 is 1. The van der Waals surface area contributed by atoms with Crippen LogP contribution in [-0.4, -0.2) is 39.0 Å². The van der Waals surface area contributed by atoms with E-state index >= 15 is 0 Å². The van der Waals surface area contributed by atoms with Crippen LogP contribution in [0.2, 0.25) is 0 Å². The van der Waals surface area contributed by atoms with Gasteiger partial charge in [0.05, 0.1) is 29.4 Å². The zero-order chi connectivity index (χ0) is 18.7. The molecule has 7 heteroatoms. The zero-order valence-corrected chi connectivity index (χ0v) is 15.6. The molecule has 7 nitrogen and oxygen atoms in total. The van der Waals surface area contributed by atoms with Gasteiger partial charge in [-0.15, -0.1) is 0 Å². The molecule has 1 aromatic carbocycles. The minimum Gasteiger partial charge on any atom is -0.382 e. The molecule has 1 N–H and O–H groups in total. The van der Waals surface area contributed by atoms with Crippen LogP contribution in [0, 0.1) is 0 Å². The highest BCUT2D eigenvalue weighted by Gasteiger charge is 2.20. The lowest BCUT2D eigenvalue weighted by molar-refractivity contribution is -0.122. The van der Waals surface area contributed by atoms with Gasteiger partial charge < -0.3 is 14.6 Å². The number of rotatable bonds is 7. The van der Waals surface area contributed by atoms with E-state index in [2.05, 4.69) is 29.2 Å². The lowest BCUT2D eigenvalue weighted by Gasteiger charge is -2.19. The third kappa shape index (κ3) is 3.62. The number of para-hydroxylation sites is 2. The van der Waals surface area contributed by atoms with Crippen molar-refractivity contribution in [1.29, 1.82) is 0 Å². The maximum absolute atomic E-state index is 12.8. The average molecular weight is 355 g/mol. The number of carbonyl (C=O) groups is 1. The van der Waals surface area contributed by atoms with Gasteiger partial charge in [-0.25, -0.2) is 4.98 Å². The second-order valence-electron chi connectivity index (χ2n) is 6.65. The van der Waals surface area contributed by atoms with Gasteiger partial charge >= 0.3 is 0 Å². The number of benzene rings is 1. The van der Waals surface area contributed by atoms with E-state index in [1.54, 1.807) is 18.0 Å². The third-order valence-electron chi connectivity index (χ3n) is 4.39. The highest BCUT2D eigenvalue weighted by atomic mass is 16.5. The van der Waals surface area contributed by atoms with Gasteiger partial charge in [0.15, 0.2) is 0 Å². The van der Waals surface area contributed by atoms with E-state index in [-0.39, 0.29) is 24.4 Å². The zero-order valence-electron chi connectivity index (χ0n) is 15.6. The number of aromatic nitrogens is 4. The molecule has 2 aromatic heterocycles. The SMILES string of the molecule is COC[C@@H](NC(=O)Cn1c(C(C)C)nc2ccccc21)c1ccnn1C. The Hall–Kier alpha value is -2.67. The fraction of sp³-hybridized carbons (Fsp3) is 0.421. The highest BCUT2D eigenvalue weighted by Crippen LogP contribution is 2.22. The Morgan fingerprint density at radius 1 is 1.27 bits per heavy atom. The van der Waals surface area contributed by atoms with Crippen molar-refractivity contribution in [3.8, 4) is 0 Å². The number of ether oxygens (including phenoxy) is 1. The van der Waals surface area contributed by atoms with Crippen LogP contribution in [0.4, 0.5) is 0 Å². The summed E-state index contributed by atoms with van der Waals surface area (Å²) in [4.78, 5) is 17.5. The van der Waals surface area contributed by atoms with Gasteiger partial charge in [0.25, 0.3) is 0 Å². The van der Waals surface area contributed by atoms with Gasteiger partial charge in [0.2, 0.25) is 5.91 Å². The van der Waals surface area contributed by atoms with Crippen molar-refractivity contribution in [2.45, 2.75) is 32.4 Å². The van der Waals surface area contributed by atoms with Crippen molar-refractivity contribution in [1.82, 2.24) is 24.6 Å². The first-order valence-corrected chi connectivity index (χ1v) is 8.72. The molecule has 0 aliphatic heterocycles. The normalized spacial score (nSPS) is 12.7. The minimum absolute atomic E-state index is 0.0849. The second-order valence-corrected chi connectivity index (χ2v) is 6.65. The van der Waals surface area contributed by atoms with Gasteiger partial charge in [0, 0.05) is 26.3 Å². The molecule has 0 aliphatic carbocycles. The summed E-state index contributed by atoms with van der Waals surface area (Å²) in [5, 5.41) is 7.23. The maximum atomic E-state index is 12.8. The number of hydrogen-bond donors (Lipinski definition) is 1. The molecular weight excluding hydrogens is 330 g/mol. The number of nitrogens with one attached hydrogen (secondary N) is 1. The fourth-order valence-electron chi connectivity index (χ4n) is 3.18. The Labute approximate surface area is 153 Å². The highest BCUT2D eigenvalue weighted by molar-refractivity contribution is 5.81. The largest absolute Gasteiger partial charge is 0.382 e. The number of imidazole rings is 1. The number of fused-ring (bicyclic) bond motifs is 1. The van der Waals surface area contributed by atoms with Crippen molar-refractivity contribution in [3.63, 3.8) is 0 Å². The molecule has 3 aromatic rings. The summed E-state index contributed by atoms with van der Waals surface area (Å²) in [7, 11) is 3.47. The van der Waals surface area contributed by atoms with Crippen LogP contribution in [0.15, 0.2) is 36.5 Å². The molecular formula is C19H25N5O2. The molecule has 0 spiro atoms. The van der Waals surface area contributed by atoms with Crippen LogP contribution < -0.4 is 5.32 Å². The Morgan fingerprint density at radius 2 is 2.04 bits per heavy atom. The van der Waals surface area contributed by atoms with E-state index in [1.165, 1.54) is 0 Å². The lowest BCUT2D eigenvalue weighted by atomic mass is 10.2. The van der Waals surface area contributed by atoms with Gasteiger partial charge in [-0.3, -0.25) is 9.48 Å². The van der Waals surface area contributed by atoms with Gasteiger partial charge in [-0.2, -0.15) is 5.10 Å². The second kappa shape index (κ2) is 7.70. The first-order chi connectivity index (χ1) is 12.5. The van der Waals surface area contributed by atoms with Gasteiger partial charge in [0.1, 0.15) is 12.4 Å². The Balaban J connectivity index is 1.84. The summed E-state index contributed by atoms with van der Waals surface area (Å²) in [6.07, 6.45) is 1.71. The van der Waals surface area contributed by atoms with Crippen molar-refractivity contribution in [2.24, 2.45) is 7.05 Å². The van der Waals surface area contributed by atoms with Gasteiger partial charge in [-0.1, -0.05) is 26.0 Å². The predicted octanol–water partition coefficient (Wildman–Crippen LogP) is 2.40. The van der Waals surface area contributed by atoms with E-state index in [0.29, 0.717) is 6.61 Å². The Kier molecular flexibility index (Phi) is 5.37. The van der Waals surface area contributed by atoms with Crippen LogP contribution >= 0.6 is 0 Å². The average Bonchev–Trinajstić information content (AvgIpc) is 3.19. The molecule has 0 saturated carbocycles. The molecule has 0 fully saturated rings. The number of nitrogens with zero attached hydrogens (tertiary/aromatic N) is 4. The molecule has 138 valence electrons. The molecule has 26 heavy (non-hydrogen) atoms. The van der Waals surface area contributed by atoms with Crippen molar-refractivity contribution in [2.75, 3.05) is 13.7 Å². The van der Waals surface area contributed by atoms with E-state index in [1.807, 2.05) is 41.9 Å². The molecule has 1 atom stereocenters. The summed E-state index contributed by atoms with van der Waals surface area (Å²) in [6, 6.07) is 9.52. The number of carbonyl (C=O) groups excluding carboxylic acids is 1.